The van der Waals surface area contributed by atoms with E-state index >= 15 is 0 Å². The molecule has 138 valence electrons. The van der Waals surface area contributed by atoms with Crippen molar-refractivity contribution in [1.29, 1.82) is 0 Å². The first-order chi connectivity index (χ1) is 11.9. The Hall–Kier alpha value is -1.24. The van der Waals surface area contributed by atoms with Crippen molar-refractivity contribution < 1.29 is 14.3 Å². The maximum Gasteiger partial charge on any atom is 0.250 e. The third-order valence-electron chi connectivity index (χ3n) is 4.40. The summed E-state index contributed by atoms with van der Waals surface area (Å²) in [6.07, 6.45) is 0. The summed E-state index contributed by atoms with van der Waals surface area (Å²) >= 11 is 7.87. The number of ether oxygens (including phenoxy) is 1. The quantitative estimate of drug-likeness (QED) is 0.818. The largest absolute Gasteiger partial charge is 0.375 e. The highest BCUT2D eigenvalue weighted by atomic mass is 35.5. The van der Waals surface area contributed by atoms with E-state index in [0.717, 1.165) is 5.56 Å². The smallest absolute Gasteiger partial charge is 0.250 e. The number of carbonyl (C=O) groups excluding carboxylic acids is 2. The predicted octanol–water partition coefficient (Wildman–Crippen LogP) is 3.09. The van der Waals surface area contributed by atoms with E-state index in [2.05, 4.69) is 19.2 Å². The van der Waals surface area contributed by atoms with E-state index in [-0.39, 0.29) is 29.8 Å². The van der Waals surface area contributed by atoms with Crippen molar-refractivity contribution in [3.8, 4) is 0 Å². The van der Waals surface area contributed by atoms with Gasteiger partial charge in [-0.05, 0) is 18.9 Å². The summed E-state index contributed by atoms with van der Waals surface area (Å²) in [6, 6.07) is 6.93. The van der Waals surface area contributed by atoms with Gasteiger partial charge < -0.3 is 15.0 Å². The molecule has 0 aliphatic carbocycles. The average Bonchev–Trinajstić information content (AvgIpc) is 3.00. The van der Waals surface area contributed by atoms with Crippen LogP contribution < -0.4 is 5.32 Å². The molecule has 1 aliphatic rings. The highest BCUT2D eigenvalue weighted by Crippen LogP contribution is 2.43. The van der Waals surface area contributed by atoms with Gasteiger partial charge in [0.2, 0.25) is 11.8 Å². The van der Waals surface area contributed by atoms with Crippen LogP contribution in [-0.4, -0.2) is 48.3 Å². The molecule has 0 spiro atoms. The fourth-order valence-corrected chi connectivity index (χ4v) is 4.40. The van der Waals surface area contributed by atoms with Crippen LogP contribution in [0.15, 0.2) is 24.3 Å². The first-order valence-corrected chi connectivity index (χ1v) is 9.76. The Morgan fingerprint density at radius 3 is 2.64 bits per heavy atom. The molecule has 1 heterocycles. The van der Waals surface area contributed by atoms with E-state index in [4.69, 9.17) is 16.3 Å². The molecule has 1 aliphatic heterocycles. The molecule has 0 saturated carbocycles. The summed E-state index contributed by atoms with van der Waals surface area (Å²) in [5.41, 5.74) is 0.839. The van der Waals surface area contributed by atoms with Gasteiger partial charge in [-0.3, -0.25) is 9.59 Å². The Morgan fingerprint density at radius 1 is 1.36 bits per heavy atom. The molecule has 3 atom stereocenters. The fourth-order valence-electron chi connectivity index (χ4n) is 2.61. The van der Waals surface area contributed by atoms with Crippen molar-refractivity contribution in [2.75, 3.05) is 19.5 Å². The van der Waals surface area contributed by atoms with Crippen LogP contribution in [0.25, 0.3) is 0 Å². The van der Waals surface area contributed by atoms with Crippen molar-refractivity contribution in [1.82, 2.24) is 10.2 Å². The minimum atomic E-state index is -0.532. The van der Waals surface area contributed by atoms with Gasteiger partial charge in [0.25, 0.3) is 0 Å². The van der Waals surface area contributed by atoms with E-state index in [0.29, 0.717) is 16.7 Å². The summed E-state index contributed by atoms with van der Waals surface area (Å²) < 4.78 is 5.01. The number of nitrogens with one attached hydrogen (secondary N) is 1. The molecular weight excluding hydrogens is 360 g/mol. The zero-order valence-corrected chi connectivity index (χ0v) is 16.6. The molecule has 1 N–H and O–H groups in total. The zero-order valence-electron chi connectivity index (χ0n) is 15.0. The number of benzene rings is 1. The van der Waals surface area contributed by atoms with Gasteiger partial charge in [-0.15, -0.1) is 11.8 Å². The van der Waals surface area contributed by atoms with Crippen LogP contribution >= 0.6 is 23.4 Å². The van der Waals surface area contributed by atoms with Crippen molar-refractivity contribution in [3.63, 3.8) is 0 Å². The first kappa shape index (κ1) is 20.1. The lowest BCUT2D eigenvalue weighted by Gasteiger charge is -2.30. The lowest BCUT2D eigenvalue weighted by Crippen LogP contribution is -2.51. The number of hydrogen-bond acceptors (Lipinski definition) is 4. The van der Waals surface area contributed by atoms with Gasteiger partial charge in [-0.2, -0.15) is 0 Å². The second kappa shape index (κ2) is 8.92. The number of hydrogen-bond donors (Lipinski definition) is 1. The van der Waals surface area contributed by atoms with Gasteiger partial charge in [0.05, 0.1) is 0 Å². The second-order valence-electron chi connectivity index (χ2n) is 6.50. The van der Waals surface area contributed by atoms with E-state index in [1.165, 1.54) is 7.11 Å². The van der Waals surface area contributed by atoms with E-state index in [9.17, 15) is 9.59 Å². The van der Waals surface area contributed by atoms with E-state index in [1.807, 2.05) is 25.1 Å². The molecule has 1 saturated heterocycles. The maximum absolute atomic E-state index is 12.7. The summed E-state index contributed by atoms with van der Waals surface area (Å²) in [5, 5.41) is 3.31. The Kier molecular flexibility index (Phi) is 7.16. The van der Waals surface area contributed by atoms with Crippen molar-refractivity contribution in [2.24, 2.45) is 5.92 Å². The zero-order chi connectivity index (χ0) is 18.6. The van der Waals surface area contributed by atoms with Gasteiger partial charge in [0.15, 0.2) is 0 Å². The van der Waals surface area contributed by atoms with Gasteiger partial charge >= 0.3 is 0 Å². The molecule has 0 bridgehead atoms. The number of thioether (sulfide) groups is 1. The standard InChI is InChI=1S/C18H25ClN2O3S/c1-11(2)12(3)20-17(23)15-10-25-18(21(15)16(22)9-24-4)13-7-5-6-8-14(13)19/h5-8,11-12,15,18H,9-10H2,1-4H3,(H,20,23). The summed E-state index contributed by atoms with van der Waals surface area (Å²) in [5.74, 6) is 0.505. The Balaban J connectivity index is 2.27. The molecule has 2 amide bonds. The normalized spacial score (nSPS) is 21.4. The average molecular weight is 385 g/mol. The number of halogens is 1. The number of methoxy groups -OCH3 is 1. The summed E-state index contributed by atoms with van der Waals surface area (Å²) in [4.78, 5) is 27.0. The van der Waals surface area contributed by atoms with Crippen LogP contribution in [0.2, 0.25) is 5.02 Å². The minimum Gasteiger partial charge on any atom is -0.375 e. The Morgan fingerprint density at radius 2 is 2.04 bits per heavy atom. The van der Waals surface area contributed by atoms with Crippen LogP contribution in [0.5, 0.6) is 0 Å². The second-order valence-corrected chi connectivity index (χ2v) is 8.02. The third-order valence-corrected chi connectivity index (χ3v) is 6.05. The van der Waals surface area contributed by atoms with Crippen LogP contribution in [0.4, 0.5) is 0 Å². The Bertz CT molecular complexity index is 626. The van der Waals surface area contributed by atoms with Crippen LogP contribution in [0.1, 0.15) is 31.7 Å². The van der Waals surface area contributed by atoms with Gasteiger partial charge in [0, 0.05) is 29.5 Å². The van der Waals surface area contributed by atoms with Gasteiger partial charge in [0.1, 0.15) is 18.0 Å². The molecule has 5 nitrogen and oxygen atoms in total. The van der Waals surface area contributed by atoms with Gasteiger partial charge in [-0.1, -0.05) is 43.6 Å². The number of nitrogens with zero attached hydrogens (tertiary/aromatic N) is 1. The van der Waals surface area contributed by atoms with E-state index in [1.54, 1.807) is 22.7 Å². The first-order valence-electron chi connectivity index (χ1n) is 8.33. The molecule has 25 heavy (non-hydrogen) atoms. The number of carbonyl (C=O) groups is 2. The lowest BCUT2D eigenvalue weighted by atomic mass is 10.1. The molecule has 7 heteroatoms. The monoisotopic (exact) mass is 384 g/mol. The van der Waals surface area contributed by atoms with Crippen LogP contribution in [0.3, 0.4) is 0 Å². The van der Waals surface area contributed by atoms with Crippen LogP contribution in [-0.2, 0) is 14.3 Å². The molecule has 1 aromatic rings. The molecule has 2 rings (SSSR count). The van der Waals surface area contributed by atoms with Crippen molar-refractivity contribution in [3.05, 3.63) is 34.9 Å². The number of amides is 2. The maximum atomic E-state index is 12.7. The Labute approximate surface area is 158 Å². The van der Waals surface area contributed by atoms with Crippen LogP contribution in [0, 0.1) is 5.92 Å². The fraction of sp³-hybridized carbons (Fsp3) is 0.556. The molecule has 1 fully saturated rings. The van der Waals surface area contributed by atoms with E-state index < -0.39 is 6.04 Å². The molecular formula is C18H25ClN2O3S. The molecule has 3 unspecified atom stereocenters. The molecule has 0 radical (unpaired) electrons. The lowest BCUT2D eigenvalue weighted by molar-refractivity contribution is -0.143. The minimum absolute atomic E-state index is 0.0382. The SMILES string of the molecule is COCC(=O)N1C(C(=O)NC(C)C(C)C)CSC1c1ccccc1Cl. The third kappa shape index (κ3) is 4.68. The highest BCUT2D eigenvalue weighted by molar-refractivity contribution is 7.99. The topological polar surface area (TPSA) is 58.6 Å². The molecule has 1 aromatic carbocycles. The number of rotatable bonds is 6. The summed E-state index contributed by atoms with van der Waals surface area (Å²) in [7, 11) is 1.47. The van der Waals surface area contributed by atoms with Crippen molar-refractivity contribution in [2.45, 2.75) is 38.2 Å². The predicted molar refractivity (Wildman–Crippen MR) is 102 cm³/mol. The highest BCUT2D eigenvalue weighted by Gasteiger charge is 2.43. The molecule has 0 aromatic heterocycles. The summed E-state index contributed by atoms with van der Waals surface area (Å²) in [6.45, 7) is 6.01. The van der Waals surface area contributed by atoms with Crippen molar-refractivity contribution >= 4 is 35.2 Å². The van der Waals surface area contributed by atoms with Gasteiger partial charge in [-0.25, -0.2) is 0 Å².